The molecule has 0 aliphatic heterocycles. The summed E-state index contributed by atoms with van der Waals surface area (Å²) in [6, 6.07) is 0. The van der Waals surface area contributed by atoms with Gasteiger partial charge in [0.15, 0.2) is 5.82 Å². The maximum Gasteiger partial charge on any atom is 0.261 e. The van der Waals surface area contributed by atoms with E-state index < -0.39 is 0 Å². The molecule has 0 radical (unpaired) electrons. The number of unbranched alkanes of at least 4 members (excludes halogenated alkanes) is 1. The Morgan fingerprint density at radius 3 is 2.65 bits per heavy atom. The highest BCUT2D eigenvalue weighted by Gasteiger charge is 2.21. The number of carbonyl (C=O) groups excluding carboxylic acids is 1. The van der Waals surface area contributed by atoms with Crippen LogP contribution >= 0.6 is 11.3 Å². The van der Waals surface area contributed by atoms with Crippen LogP contribution in [0.25, 0.3) is 10.2 Å². The minimum absolute atomic E-state index is 0.0456. The lowest BCUT2D eigenvalue weighted by Gasteiger charge is -2.15. The number of aromatic nitrogens is 2. The number of fused-ring (bicyclic) bond motifs is 1. The molecule has 7 heteroatoms. The number of aryl methyl sites for hydroxylation is 1. The number of hydrogen-bond donors (Lipinski definition) is 1. The summed E-state index contributed by atoms with van der Waals surface area (Å²) in [6.45, 7) is 7.30. The predicted molar refractivity (Wildman–Crippen MR) is 105 cm³/mol. The second kappa shape index (κ2) is 9.83. The van der Waals surface area contributed by atoms with Crippen molar-refractivity contribution < 1.29 is 14.3 Å². The van der Waals surface area contributed by atoms with E-state index in [1.807, 2.05) is 6.92 Å². The van der Waals surface area contributed by atoms with E-state index in [9.17, 15) is 4.79 Å². The topological polar surface area (TPSA) is 73.3 Å². The van der Waals surface area contributed by atoms with E-state index in [4.69, 9.17) is 9.47 Å². The fourth-order valence-electron chi connectivity index (χ4n) is 2.96. The van der Waals surface area contributed by atoms with Crippen LogP contribution in [0.4, 0.5) is 0 Å². The molecule has 2 aromatic rings. The smallest absolute Gasteiger partial charge is 0.261 e. The summed E-state index contributed by atoms with van der Waals surface area (Å²) in [5.74, 6) is 1.52. The zero-order valence-electron chi connectivity index (χ0n) is 16.3. The number of hydrogen-bond acceptors (Lipinski definition) is 6. The molecule has 0 fully saturated rings. The number of ether oxygens (including phenoxy) is 2. The van der Waals surface area contributed by atoms with Gasteiger partial charge in [-0.2, -0.15) is 4.98 Å². The van der Waals surface area contributed by atoms with E-state index in [2.05, 4.69) is 29.1 Å². The molecule has 26 heavy (non-hydrogen) atoms. The molecule has 0 bridgehead atoms. The Balaban J connectivity index is 2.23. The molecular formula is C19H29N3O3S. The van der Waals surface area contributed by atoms with E-state index in [0.717, 1.165) is 28.6 Å². The highest BCUT2D eigenvalue weighted by molar-refractivity contribution is 7.20. The van der Waals surface area contributed by atoms with Gasteiger partial charge in [0.25, 0.3) is 5.91 Å². The van der Waals surface area contributed by atoms with Gasteiger partial charge in [0.2, 0.25) is 5.88 Å². The molecule has 0 spiro atoms. The van der Waals surface area contributed by atoms with Crippen LogP contribution in [0.1, 0.15) is 60.6 Å². The van der Waals surface area contributed by atoms with Gasteiger partial charge < -0.3 is 14.8 Å². The summed E-state index contributed by atoms with van der Waals surface area (Å²) >= 11 is 1.38. The normalized spacial score (nSPS) is 12.3. The highest BCUT2D eigenvalue weighted by atomic mass is 32.1. The van der Waals surface area contributed by atoms with Gasteiger partial charge in [-0.3, -0.25) is 4.79 Å². The quantitative estimate of drug-likeness (QED) is 0.673. The molecule has 1 amide bonds. The second-order valence-corrected chi connectivity index (χ2v) is 7.44. The van der Waals surface area contributed by atoms with Crippen LogP contribution in [0.5, 0.6) is 5.88 Å². The van der Waals surface area contributed by atoms with Crippen molar-refractivity contribution in [2.45, 2.75) is 53.1 Å². The SMILES string of the molecule is CCCCC(CC)CNC(=O)c1sc2nc(COC)nc(OC)c2c1C. The monoisotopic (exact) mass is 379 g/mol. The third-order valence-electron chi connectivity index (χ3n) is 4.57. The van der Waals surface area contributed by atoms with Crippen molar-refractivity contribution in [2.75, 3.05) is 20.8 Å². The Hall–Kier alpha value is -1.73. The van der Waals surface area contributed by atoms with Crippen molar-refractivity contribution in [2.24, 2.45) is 5.92 Å². The molecular weight excluding hydrogens is 350 g/mol. The first-order valence-corrected chi connectivity index (χ1v) is 9.98. The van der Waals surface area contributed by atoms with Crippen LogP contribution in [0, 0.1) is 12.8 Å². The van der Waals surface area contributed by atoms with Crippen molar-refractivity contribution in [3.05, 3.63) is 16.3 Å². The predicted octanol–water partition coefficient (Wildman–Crippen LogP) is 4.10. The minimum Gasteiger partial charge on any atom is -0.480 e. The molecule has 0 saturated carbocycles. The lowest BCUT2D eigenvalue weighted by Crippen LogP contribution is -2.29. The first kappa shape index (κ1) is 20.6. The molecule has 144 valence electrons. The first-order valence-electron chi connectivity index (χ1n) is 9.16. The Morgan fingerprint density at radius 1 is 1.27 bits per heavy atom. The first-order chi connectivity index (χ1) is 12.5. The van der Waals surface area contributed by atoms with Crippen molar-refractivity contribution in [1.82, 2.24) is 15.3 Å². The summed E-state index contributed by atoms with van der Waals surface area (Å²) in [6.07, 6.45) is 4.61. The third-order valence-corrected chi connectivity index (χ3v) is 5.76. The van der Waals surface area contributed by atoms with Crippen molar-refractivity contribution in [1.29, 1.82) is 0 Å². The molecule has 2 rings (SSSR count). The van der Waals surface area contributed by atoms with E-state index in [1.165, 1.54) is 24.2 Å². The highest BCUT2D eigenvalue weighted by Crippen LogP contribution is 2.35. The molecule has 0 saturated heterocycles. The van der Waals surface area contributed by atoms with Gasteiger partial charge in [-0.1, -0.05) is 33.1 Å². The van der Waals surface area contributed by atoms with Crippen molar-refractivity contribution >= 4 is 27.5 Å². The van der Waals surface area contributed by atoms with Crippen LogP contribution in [0.3, 0.4) is 0 Å². The maximum atomic E-state index is 12.7. The number of rotatable bonds is 10. The Bertz CT molecular complexity index is 745. The fraction of sp³-hybridized carbons (Fsp3) is 0.632. The Labute approximate surface area is 159 Å². The number of methoxy groups -OCH3 is 2. The van der Waals surface area contributed by atoms with Gasteiger partial charge in [-0.25, -0.2) is 4.98 Å². The average molecular weight is 380 g/mol. The minimum atomic E-state index is -0.0456. The summed E-state index contributed by atoms with van der Waals surface area (Å²) in [5.41, 5.74) is 0.866. The standard InChI is InChI=1S/C19H29N3O3S/c1-6-8-9-13(7-2)10-20-17(23)16-12(3)15-18(25-5)21-14(11-24-4)22-19(15)26-16/h13H,6-11H2,1-5H3,(H,20,23). The number of thiophene rings is 1. The molecule has 2 heterocycles. The molecule has 0 aliphatic carbocycles. The molecule has 0 aliphatic rings. The van der Waals surface area contributed by atoms with Gasteiger partial charge in [0.05, 0.1) is 17.4 Å². The maximum absolute atomic E-state index is 12.7. The van der Waals surface area contributed by atoms with Crippen molar-refractivity contribution in [3.8, 4) is 5.88 Å². The fourth-order valence-corrected chi connectivity index (χ4v) is 4.07. The molecule has 1 unspecified atom stereocenters. The number of amides is 1. The largest absolute Gasteiger partial charge is 0.480 e. The van der Waals surface area contributed by atoms with E-state index in [1.54, 1.807) is 14.2 Å². The van der Waals surface area contributed by atoms with Gasteiger partial charge >= 0.3 is 0 Å². The van der Waals surface area contributed by atoms with Crippen LogP contribution in [0.2, 0.25) is 0 Å². The molecule has 1 atom stereocenters. The molecule has 6 nitrogen and oxygen atoms in total. The van der Waals surface area contributed by atoms with Crippen LogP contribution in [-0.4, -0.2) is 36.6 Å². The molecule has 1 N–H and O–H groups in total. The summed E-state index contributed by atoms with van der Waals surface area (Å²) < 4.78 is 10.5. The molecule has 0 aromatic carbocycles. The molecule has 2 aromatic heterocycles. The second-order valence-electron chi connectivity index (χ2n) is 6.44. The Kier molecular flexibility index (Phi) is 7.78. The van der Waals surface area contributed by atoms with Crippen LogP contribution in [0.15, 0.2) is 0 Å². The number of nitrogens with one attached hydrogen (secondary N) is 1. The van der Waals surface area contributed by atoms with Gasteiger partial charge in [-0.05, 0) is 24.8 Å². The van der Waals surface area contributed by atoms with Crippen LogP contribution in [-0.2, 0) is 11.3 Å². The lowest BCUT2D eigenvalue weighted by molar-refractivity contribution is 0.0949. The van der Waals surface area contributed by atoms with E-state index in [0.29, 0.717) is 35.7 Å². The van der Waals surface area contributed by atoms with Gasteiger partial charge in [0.1, 0.15) is 11.4 Å². The zero-order valence-corrected chi connectivity index (χ0v) is 17.2. The van der Waals surface area contributed by atoms with E-state index >= 15 is 0 Å². The van der Waals surface area contributed by atoms with Crippen molar-refractivity contribution in [3.63, 3.8) is 0 Å². The third kappa shape index (κ3) is 4.71. The zero-order chi connectivity index (χ0) is 19.1. The average Bonchev–Trinajstić information content (AvgIpc) is 2.98. The Morgan fingerprint density at radius 2 is 2.04 bits per heavy atom. The summed E-state index contributed by atoms with van der Waals surface area (Å²) in [4.78, 5) is 23.0. The van der Waals surface area contributed by atoms with Gasteiger partial charge in [-0.15, -0.1) is 11.3 Å². The van der Waals surface area contributed by atoms with E-state index in [-0.39, 0.29) is 5.91 Å². The number of carbonyl (C=O) groups is 1. The lowest BCUT2D eigenvalue weighted by atomic mass is 9.99. The summed E-state index contributed by atoms with van der Waals surface area (Å²) in [7, 11) is 3.18. The summed E-state index contributed by atoms with van der Waals surface area (Å²) in [5, 5.41) is 3.90. The van der Waals surface area contributed by atoms with Gasteiger partial charge in [0, 0.05) is 13.7 Å². The number of nitrogens with zero attached hydrogens (tertiary/aromatic N) is 2. The van der Waals surface area contributed by atoms with Crippen LogP contribution < -0.4 is 10.1 Å².